The highest BCUT2D eigenvalue weighted by Crippen LogP contribution is 2.37. The van der Waals surface area contributed by atoms with Crippen LogP contribution in [0.2, 0.25) is 0 Å². The minimum Gasteiger partial charge on any atom is -0.386 e. The lowest BCUT2D eigenvalue weighted by Crippen LogP contribution is -2.36. The topological polar surface area (TPSA) is 54.4 Å². The number of benzene rings is 3. The van der Waals surface area contributed by atoms with Crippen LogP contribution in [0.1, 0.15) is 18.1 Å². The molecule has 3 aromatic carbocycles. The highest BCUT2D eigenvalue weighted by Gasteiger charge is 2.36. The van der Waals surface area contributed by atoms with Crippen LogP contribution in [-0.4, -0.2) is 29.6 Å². The molecule has 2 unspecified atom stereocenters. The van der Waals surface area contributed by atoms with Crippen molar-refractivity contribution in [1.82, 2.24) is 0 Å². The molecule has 0 aliphatic carbocycles. The van der Waals surface area contributed by atoms with E-state index < -0.39 is 32.3 Å². The summed E-state index contributed by atoms with van der Waals surface area (Å²) in [6, 6.07) is 17.8. The monoisotopic (exact) mass is 358 g/mol. The summed E-state index contributed by atoms with van der Waals surface area (Å²) in [6.45, 7) is 0. The maximum atomic E-state index is 12.4. The molecule has 4 rings (SSSR count). The van der Waals surface area contributed by atoms with E-state index in [4.69, 9.17) is 0 Å². The maximum Gasteiger partial charge on any atom is 0.140 e. The molecule has 3 aromatic rings. The van der Waals surface area contributed by atoms with E-state index in [-0.39, 0.29) is 0 Å². The Kier molecular flexibility index (Phi) is 4.24. The van der Waals surface area contributed by atoms with Crippen molar-refractivity contribution in [3.8, 4) is 0 Å². The molecule has 0 aromatic heterocycles. The van der Waals surface area contributed by atoms with Crippen LogP contribution in [0.25, 0.3) is 21.5 Å². The van der Waals surface area contributed by atoms with Gasteiger partial charge in [-0.1, -0.05) is 48.5 Å². The Morgan fingerprint density at radius 3 is 1.92 bits per heavy atom. The Hall–Kier alpha value is -1.56. The van der Waals surface area contributed by atoms with Gasteiger partial charge in [-0.2, -0.15) is 0 Å². The normalized spacial score (nSPS) is 25.8. The smallest absolute Gasteiger partial charge is 0.140 e. The van der Waals surface area contributed by atoms with Crippen LogP contribution in [0.3, 0.4) is 0 Å². The van der Waals surface area contributed by atoms with E-state index in [2.05, 4.69) is 6.07 Å². The van der Waals surface area contributed by atoms with Crippen molar-refractivity contribution in [2.75, 3.05) is 11.5 Å². The minimum absolute atomic E-state index is 0.510. The predicted octanol–water partition coefficient (Wildman–Crippen LogP) is 3.25. The van der Waals surface area contributed by atoms with Gasteiger partial charge in [0.15, 0.2) is 0 Å². The number of hydrogen-bond acceptors (Lipinski definition) is 3. The fourth-order valence-corrected chi connectivity index (χ4v) is 7.37. The van der Waals surface area contributed by atoms with E-state index >= 15 is 0 Å². The Balaban J connectivity index is 1.99. The van der Waals surface area contributed by atoms with Crippen molar-refractivity contribution in [1.29, 1.82) is 0 Å². The third-order valence-corrected chi connectivity index (χ3v) is 8.80. The first-order valence-corrected chi connectivity index (χ1v) is 10.8. The molecule has 0 spiro atoms. The molecule has 1 fully saturated rings. The SMILES string of the molecule is O=S1CCCS(=O)C1[C@H](O)c1c2ccccc2cc2ccccc12. The van der Waals surface area contributed by atoms with Crippen molar-refractivity contribution in [3.63, 3.8) is 0 Å². The van der Waals surface area contributed by atoms with E-state index in [1.807, 2.05) is 48.5 Å². The first-order valence-electron chi connectivity index (χ1n) is 7.99. The van der Waals surface area contributed by atoms with Crippen LogP contribution in [0.5, 0.6) is 0 Å². The summed E-state index contributed by atoms with van der Waals surface area (Å²) in [5, 5.41) is 15.0. The zero-order chi connectivity index (χ0) is 16.7. The van der Waals surface area contributed by atoms with Crippen molar-refractivity contribution in [2.45, 2.75) is 17.1 Å². The summed E-state index contributed by atoms with van der Waals surface area (Å²) >= 11 is 0. The Bertz CT molecular complexity index is 897. The van der Waals surface area contributed by atoms with Crippen LogP contribution in [-0.2, 0) is 21.6 Å². The van der Waals surface area contributed by atoms with Crippen molar-refractivity contribution >= 4 is 43.1 Å². The zero-order valence-electron chi connectivity index (χ0n) is 13.1. The van der Waals surface area contributed by atoms with Gasteiger partial charge >= 0.3 is 0 Å². The second-order valence-corrected chi connectivity index (χ2v) is 9.72. The first kappa shape index (κ1) is 15.9. The van der Waals surface area contributed by atoms with E-state index in [0.717, 1.165) is 27.1 Å². The molecule has 24 heavy (non-hydrogen) atoms. The fourth-order valence-electron chi connectivity index (χ4n) is 3.49. The van der Waals surface area contributed by atoms with Gasteiger partial charge in [0.1, 0.15) is 10.7 Å². The van der Waals surface area contributed by atoms with Gasteiger partial charge in [-0.25, -0.2) is 0 Å². The van der Waals surface area contributed by atoms with Crippen LogP contribution in [0, 0.1) is 0 Å². The highest BCUT2D eigenvalue weighted by molar-refractivity contribution is 8.03. The summed E-state index contributed by atoms with van der Waals surface area (Å²) in [7, 11) is -2.55. The molecule has 0 saturated carbocycles. The predicted molar refractivity (Wildman–Crippen MR) is 101 cm³/mol. The summed E-state index contributed by atoms with van der Waals surface area (Å²) in [5.41, 5.74) is 0.748. The van der Waals surface area contributed by atoms with E-state index in [1.165, 1.54) is 0 Å². The summed E-state index contributed by atoms with van der Waals surface area (Å²) in [6.07, 6.45) is -0.304. The van der Waals surface area contributed by atoms with Crippen molar-refractivity contribution in [2.24, 2.45) is 0 Å². The number of aliphatic hydroxyl groups excluding tert-OH is 1. The maximum absolute atomic E-state index is 12.4. The largest absolute Gasteiger partial charge is 0.386 e. The van der Waals surface area contributed by atoms with E-state index in [0.29, 0.717) is 17.9 Å². The lowest BCUT2D eigenvalue weighted by Gasteiger charge is -2.27. The first-order chi connectivity index (χ1) is 11.7. The Morgan fingerprint density at radius 2 is 1.38 bits per heavy atom. The second-order valence-electron chi connectivity index (χ2n) is 6.07. The van der Waals surface area contributed by atoms with Gasteiger partial charge in [-0.05, 0) is 39.6 Å². The van der Waals surface area contributed by atoms with Crippen LogP contribution >= 0.6 is 0 Å². The third kappa shape index (κ3) is 2.61. The second kappa shape index (κ2) is 6.39. The zero-order valence-corrected chi connectivity index (χ0v) is 14.7. The van der Waals surface area contributed by atoms with Crippen LogP contribution in [0.15, 0.2) is 54.6 Å². The number of hydrogen-bond donors (Lipinski definition) is 1. The highest BCUT2D eigenvalue weighted by atomic mass is 32.2. The number of rotatable bonds is 2. The molecule has 0 amide bonds. The molecule has 1 heterocycles. The number of aliphatic hydroxyl groups is 1. The molecule has 1 saturated heterocycles. The van der Waals surface area contributed by atoms with Crippen molar-refractivity contribution in [3.05, 3.63) is 60.2 Å². The summed E-state index contributed by atoms with van der Waals surface area (Å²) in [5.74, 6) is 1.02. The standard InChI is InChI=1S/C19H18O3S2/c20-18(19-23(21)10-5-11-24(19)22)17-15-8-3-1-6-13(15)12-14-7-2-4-9-16(14)17/h1-4,6-9,12,18-20H,5,10-11H2/t18-,19?,23?,24?/m1/s1. The summed E-state index contributed by atoms with van der Waals surface area (Å²) < 4.78 is 24.2. The van der Waals surface area contributed by atoms with Gasteiger partial charge in [0, 0.05) is 33.1 Å². The van der Waals surface area contributed by atoms with Crippen LogP contribution < -0.4 is 0 Å². The Labute approximate surface area is 145 Å². The molecule has 0 bridgehead atoms. The van der Waals surface area contributed by atoms with Gasteiger partial charge in [0.25, 0.3) is 0 Å². The average Bonchev–Trinajstić information content (AvgIpc) is 2.59. The summed E-state index contributed by atoms with van der Waals surface area (Å²) in [4.78, 5) is 0. The molecule has 0 radical (unpaired) electrons. The minimum atomic E-state index is -1.27. The lowest BCUT2D eigenvalue weighted by atomic mass is 9.94. The molecule has 1 aliphatic heterocycles. The molecule has 1 aliphatic rings. The van der Waals surface area contributed by atoms with Crippen molar-refractivity contribution < 1.29 is 13.5 Å². The fraction of sp³-hybridized carbons (Fsp3) is 0.263. The van der Waals surface area contributed by atoms with Gasteiger partial charge < -0.3 is 5.11 Å². The van der Waals surface area contributed by atoms with E-state index in [1.54, 1.807) is 0 Å². The van der Waals surface area contributed by atoms with E-state index in [9.17, 15) is 13.5 Å². The lowest BCUT2D eigenvalue weighted by molar-refractivity contribution is 0.196. The molecular weight excluding hydrogens is 340 g/mol. The molecule has 124 valence electrons. The molecule has 3 nitrogen and oxygen atoms in total. The van der Waals surface area contributed by atoms with Crippen LogP contribution in [0.4, 0.5) is 0 Å². The van der Waals surface area contributed by atoms with Gasteiger partial charge in [0.2, 0.25) is 0 Å². The quantitative estimate of drug-likeness (QED) is 0.716. The third-order valence-electron chi connectivity index (χ3n) is 4.58. The average molecular weight is 358 g/mol. The Morgan fingerprint density at radius 1 is 0.875 bits per heavy atom. The molecule has 3 atom stereocenters. The molecular formula is C19H18O3S2. The molecule has 1 N–H and O–H groups in total. The van der Waals surface area contributed by atoms with Gasteiger partial charge in [-0.15, -0.1) is 0 Å². The molecule has 5 heteroatoms. The number of fused-ring (bicyclic) bond motifs is 2. The van der Waals surface area contributed by atoms with Gasteiger partial charge in [0.05, 0.1) is 0 Å². The van der Waals surface area contributed by atoms with Gasteiger partial charge in [-0.3, -0.25) is 8.42 Å².